The Labute approximate surface area is 321 Å². The zero-order chi connectivity index (χ0) is 41.9. The smallest absolute Gasteiger partial charge is 0.326 e. The number of carbonyl (C=O) groups excluding carboxylic acids is 5. The van der Waals surface area contributed by atoms with Crippen LogP contribution >= 0.6 is 0 Å². The summed E-state index contributed by atoms with van der Waals surface area (Å²) in [7, 11) is 0. The second kappa shape index (κ2) is 28.1. The fourth-order valence-electron chi connectivity index (χ4n) is 5.08. The molecule has 314 valence electrons. The van der Waals surface area contributed by atoms with Gasteiger partial charge in [0.15, 0.2) is 17.9 Å². The number of amides is 5. The number of nitrogens with two attached hydrogens (primary N) is 5. The minimum Gasteiger partial charge on any atom is -0.480 e. The molecule has 0 radical (unpaired) electrons. The summed E-state index contributed by atoms with van der Waals surface area (Å²) >= 11 is 0. The first kappa shape index (κ1) is 49.6. The first-order chi connectivity index (χ1) is 25.9. The minimum atomic E-state index is -1.29. The standard InChI is InChI=1S/C32H64N16O7/c1-18(2)16-23(48-25(50)19(34)8-5-13-41-30(35)36)28(53)47-21(10-6-14-42-31(37)38)27(52)46-20(9-3-4-12-33)26(51)44-17-24(49)45-22(29(54)55)11-7-15-43-32(39)40/h18-23H,3-17,33-34H2,1-2H3,(H,44,51)(H,45,49)(H,46,52)(H,47,53)(H,48,50)(H,54,55)(H4,35,36,41)(H4,37,38,42)(H4,39,40,43)/t19-,20-,21-,22-,23-/m0/s1. The van der Waals surface area contributed by atoms with Crippen LogP contribution in [0.3, 0.4) is 0 Å². The van der Waals surface area contributed by atoms with Crippen molar-refractivity contribution in [3.63, 3.8) is 0 Å². The third-order valence-electron chi connectivity index (χ3n) is 7.92. The predicted molar refractivity (Wildman–Crippen MR) is 206 cm³/mol. The maximum absolute atomic E-state index is 13.7. The summed E-state index contributed by atoms with van der Waals surface area (Å²) in [6.45, 7) is 4.14. The van der Waals surface area contributed by atoms with E-state index in [4.69, 9.17) is 44.9 Å². The van der Waals surface area contributed by atoms with E-state index in [-0.39, 0.29) is 81.8 Å². The Hall–Kier alpha value is -5.45. The molecule has 5 atom stereocenters. The van der Waals surface area contributed by atoms with Crippen molar-refractivity contribution in [3.05, 3.63) is 0 Å². The second-order valence-corrected chi connectivity index (χ2v) is 13.3. The van der Waals surface area contributed by atoms with Crippen molar-refractivity contribution in [2.45, 2.75) is 108 Å². The highest BCUT2D eigenvalue weighted by Crippen LogP contribution is 2.09. The first-order valence-electron chi connectivity index (χ1n) is 18.3. The van der Waals surface area contributed by atoms with Crippen LogP contribution in [0.1, 0.15) is 78.1 Å². The zero-order valence-corrected chi connectivity index (χ0v) is 31.9. The summed E-state index contributed by atoms with van der Waals surface area (Å²) in [6.07, 6.45) is 2.55. The van der Waals surface area contributed by atoms with Gasteiger partial charge in [-0.05, 0) is 76.7 Å². The van der Waals surface area contributed by atoms with Crippen LogP contribution in [0.25, 0.3) is 0 Å². The van der Waals surface area contributed by atoms with E-state index in [1.807, 2.05) is 13.8 Å². The molecule has 0 aromatic heterocycles. The first-order valence-corrected chi connectivity index (χ1v) is 18.3. The van der Waals surface area contributed by atoms with Crippen molar-refractivity contribution >= 4 is 53.4 Å². The van der Waals surface area contributed by atoms with Crippen LogP contribution in [-0.4, -0.2) is 121 Å². The molecule has 0 aliphatic carbocycles. The quantitative estimate of drug-likeness (QED) is 0.0193. The van der Waals surface area contributed by atoms with Gasteiger partial charge < -0.3 is 76.3 Å². The normalized spacial score (nSPS) is 13.5. The van der Waals surface area contributed by atoms with Crippen LogP contribution in [0.4, 0.5) is 0 Å². The molecule has 0 aliphatic rings. The lowest BCUT2D eigenvalue weighted by atomic mass is 10.0. The molecule has 0 heterocycles. The fraction of sp³-hybridized carbons (Fsp3) is 0.719. The molecule has 0 aromatic rings. The molecule has 23 heteroatoms. The van der Waals surface area contributed by atoms with Gasteiger partial charge in [-0.3, -0.25) is 40.2 Å². The van der Waals surface area contributed by atoms with E-state index in [1.54, 1.807) is 0 Å². The summed E-state index contributed by atoms with van der Waals surface area (Å²) in [5, 5.41) is 51.8. The van der Waals surface area contributed by atoms with E-state index in [2.05, 4.69) is 42.5 Å². The molecule has 5 amide bonds. The van der Waals surface area contributed by atoms with E-state index in [0.717, 1.165) is 0 Å². The molecule has 0 fully saturated rings. The van der Waals surface area contributed by atoms with Crippen LogP contribution < -0.4 is 71.2 Å². The molecule has 0 aromatic carbocycles. The predicted octanol–water partition coefficient (Wildman–Crippen LogP) is -4.58. The molecule has 22 N–H and O–H groups in total. The molecule has 55 heavy (non-hydrogen) atoms. The van der Waals surface area contributed by atoms with Crippen LogP contribution in [0, 0.1) is 22.1 Å². The van der Waals surface area contributed by atoms with Gasteiger partial charge in [-0.1, -0.05) is 13.8 Å². The van der Waals surface area contributed by atoms with Gasteiger partial charge in [0.25, 0.3) is 0 Å². The number of unbranched alkanes of at least 4 members (excludes halogenated alkanes) is 1. The van der Waals surface area contributed by atoms with Crippen molar-refractivity contribution in [2.75, 3.05) is 32.7 Å². The Balaban J connectivity index is 5.86. The van der Waals surface area contributed by atoms with Crippen molar-refractivity contribution < 1.29 is 33.9 Å². The third kappa shape index (κ3) is 24.5. The highest BCUT2D eigenvalue weighted by molar-refractivity contribution is 5.95. The van der Waals surface area contributed by atoms with Crippen LogP contribution in [0.2, 0.25) is 0 Å². The zero-order valence-electron chi connectivity index (χ0n) is 31.9. The van der Waals surface area contributed by atoms with Gasteiger partial charge in [0.05, 0.1) is 12.6 Å². The molecule has 0 saturated heterocycles. The summed E-state index contributed by atoms with van der Waals surface area (Å²) < 4.78 is 0. The Kier molecular flexibility index (Phi) is 25.3. The Morgan fingerprint density at radius 1 is 0.564 bits per heavy atom. The average molecular weight is 785 g/mol. The third-order valence-corrected chi connectivity index (χ3v) is 7.92. The molecule has 0 spiro atoms. The van der Waals surface area contributed by atoms with Crippen molar-refractivity contribution in [1.29, 1.82) is 16.2 Å². The number of rotatable bonds is 29. The maximum atomic E-state index is 13.7. The molecule has 23 nitrogen and oxygen atoms in total. The van der Waals surface area contributed by atoms with E-state index in [9.17, 15) is 33.9 Å². The number of hydrogen-bond acceptors (Lipinski definition) is 11. The van der Waals surface area contributed by atoms with E-state index >= 15 is 0 Å². The van der Waals surface area contributed by atoms with E-state index in [0.29, 0.717) is 32.4 Å². The summed E-state index contributed by atoms with van der Waals surface area (Å²) in [4.78, 5) is 77.8. The highest BCUT2D eigenvalue weighted by atomic mass is 16.4. The maximum Gasteiger partial charge on any atom is 0.326 e. The number of carbonyl (C=O) groups is 6. The second-order valence-electron chi connectivity index (χ2n) is 13.3. The van der Waals surface area contributed by atoms with Gasteiger partial charge in [0, 0.05) is 19.6 Å². The number of carboxylic acid groups (broad SMARTS) is 1. The van der Waals surface area contributed by atoms with Gasteiger partial charge in [-0.25, -0.2) is 4.79 Å². The molecule has 0 bridgehead atoms. The van der Waals surface area contributed by atoms with Gasteiger partial charge in [-0.2, -0.15) is 0 Å². The van der Waals surface area contributed by atoms with Crippen LogP contribution in [-0.2, 0) is 28.8 Å². The Morgan fingerprint density at radius 3 is 1.47 bits per heavy atom. The SMILES string of the molecule is CC(C)C[C@H](NC(=O)[C@@H](N)CCCNC(=N)N)C(=O)N[C@@H](CCCNC(=N)N)C(=O)N[C@@H](CCCCN)C(=O)NCC(=O)N[C@@H](CCCNC(=N)N)C(=O)O. The van der Waals surface area contributed by atoms with Gasteiger partial charge >= 0.3 is 5.97 Å². The summed E-state index contributed by atoms with van der Waals surface area (Å²) in [5.41, 5.74) is 27.5. The Bertz CT molecular complexity index is 1280. The number of nitrogens with one attached hydrogen (secondary N) is 11. The van der Waals surface area contributed by atoms with Gasteiger partial charge in [0.2, 0.25) is 29.5 Å². The summed E-state index contributed by atoms with van der Waals surface area (Å²) in [6, 6.07) is -5.68. The highest BCUT2D eigenvalue weighted by Gasteiger charge is 2.31. The molecule has 0 saturated carbocycles. The van der Waals surface area contributed by atoms with Gasteiger partial charge in [0.1, 0.15) is 24.2 Å². The van der Waals surface area contributed by atoms with E-state index < -0.39 is 72.3 Å². The molecular weight excluding hydrogens is 720 g/mol. The number of carboxylic acids is 1. The topological polar surface area (TPSA) is 421 Å². The number of guanidine groups is 3. The number of aliphatic carboxylic acids is 1. The molecular formula is C32H64N16O7. The van der Waals surface area contributed by atoms with Crippen molar-refractivity contribution in [3.8, 4) is 0 Å². The molecule has 0 rings (SSSR count). The van der Waals surface area contributed by atoms with Crippen LogP contribution in [0.5, 0.6) is 0 Å². The van der Waals surface area contributed by atoms with Crippen molar-refractivity contribution in [2.24, 2.45) is 34.6 Å². The van der Waals surface area contributed by atoms with Crippen molar-refractivity contribution in [1.82, 2.24) is 42.5 Å². The minimum absolute atomic E-state index is 0.0244. The molecule has 0 unspecified atom stereocenters. The van der Waals surface area contributed by atoms with Crippen LogP contribution in [0.15, 0.2) is 0 Å². The number of hydrogen-bond donors (Lipinski definition) is 17. The summed E-state index contributed by atoms with van der Waals surface area (Å²) in [5.74, 6) is -5.65. The lowest BCUT2D eigenvalue weighted by Gasteiger charge is -2.27. The Morgan fingerprint density at radius 2 is 1.00 bits per heavy atom. The van der Waals surface area contributed by atoms with E-state index in [1.165, 1.54) is 0 Å². The lowest BCUT2D eigenvalue weighted by molar-refractivity contribution is -0.142. The van der Waals surface area contributed by atoms with Gasteiger partial charge in [-0.15, -0.1) is 0 Å². The average Bonchev–Trinajstić information content (AvgIpc) is 3.09. The monoisotopic (exact) mass is 785 g/mol. The largest absolute Gasteiger partial charge is 0.480 e. The molecule has 0 aliphatic heterocycles. The fourth-order valence-corrected chi connectivity index (χ4v) is 5.08. The lowest BCUT2D eigenvalue weighted by Crippen LogP contribution is -2.58.